The third kappa shape index (κ3) is 5.29. The van der Waals surface area contributed by atoms with Crippen LogP contribution in [0.25, 0.3) is 0 Å². The van der Waals surface area contributed by atoms with E-state index >= 15 is 0 Å². The second-order valence-electron chi connectivity index (χ2n) is 6.35. The van der Waals surface area contributed by atoms with E-state index in [1.54, 1.807) is 19.4 Å². The van der Waals surface area contributed by atoms with E-state index in [1.807, 2.05) is 25.1 Å². The number of aryl methyl sites for hydroxylation is 1. The number of methoxy groups -OCH3 is 1. The second kappa shape index (κ2) is 9.18. The molecule has 0 saturated heterocycles. The standard InChI is InChI=1S/C20H27N3O2/c1-14(2)17-8-5-7-15(3)19(17)23-20(24)16-9-10-18(22-13-16)21-11-6-12-25-4/h5,7-10,13-14H,6,11-12H2,1-4H3,(H,21,22)(H,23,24). The number of carbonyl (C=O) groups is 1. The average molecular weight is 341 g/mol. The zero-order valence-corrected chi connectivity index (χ0v) is 15.4. The molecule has 1 aromatic heterocycles. The lowest BCUT2D eigenvalue weighted by molar-refractivity contribution is 0.102. The molecule has 2 N–H and O–H groups in total. The van der Waals surface area contributed by atoms with Crippen LogP contribution in [-0.2, 0) is 4.74 Å². The summed E-state index contributed by atoms with van der Waals surface area (Å²) >= 11 is 0. The predicted molar refractivity (Wildman–Crippen MR) is 102 cm³/mol. The van der Waals surface area contributed by atoms with Gasteiger partial charge in [0.1, 0.15) is 5.82 Å². The van der Waals surface area contributed by atoms with Crippen LogP contribution in [0.4, 0.5) is 11.5 Å². The third-order valence-electron chi connectivity index (χ3n) is 4.02. The summed E-state index contributed by atoms with van der Waals surface area (Å²) in [6, 6.07) is 9.69. The van der Waals surface area contributed by atoms with E-state index in [9.17, 15) is 4.79 Å². The normalized spacial score (nSPS) is 10.8. The lowest BCUT2D eigenvalue weighted by atomic mass is 9.98. The molecule has 2 aromatic rings. The number of hydrogen-bond acceptors (Lipinski definition) is 4. The molecule has 5 heteroatoms. The zero-order chi connectivity index (χ0) is 18.2. The summed E-state index contributed by atoms with van der Waals surface area (Å²) in [4.78, 5) is 16.9. The fraction of sp³-hybridized carbons (Fsp3) is 0.400. The number of hydrogen-bond donors (Lipinski definition) is 2. The van der Waals surface area contributed by atoms with Gasteiger partial charge in [-0.05, 0) is 42.5 Å². The Morgan fingerprint density at radius 3 is 2.68 bits per heavy atom. The van der Waals surface area contributed by atoms with Gasteiger partial charge in [-0.15, -0.1) is 0 Å². The van der Waals surface area contributed by atoms with Crippen molar-refractivity contribution in [2.45, 2.75) is 33.1 Å². The van der Waals surface area contributed by atoms with Gasteiger partial charge < -0.3 is 15.4 Å². The van der Waals surface area contributed by atoms with Crippen LogP contribution in [0.2, 0.25) is 0 Å². The Balaban J connectivity index is 2.04. The largest absolute Gasteiger partial charge is 0.385 e. The zero-order valence-electron chi connectivity index (χ0n) is 15.4. The number of amides is 1. The van der Waals surface area contributed by atoms with E-state index in [4.69, 9.17) is 4.74 Å². The van der Waals surface area contributed by atoms with E-state index in [0.717, 1.165) is 35.6 Å². The molecule has 0 aliphatic rings. The van der Waals surface area contributed by atoms with Crippen LogP contribution >= 0.6 is 0 Å². The summed E-state index contributed by atoms with van der Waals surface area (Å²) in [5.41, 5.74) is 3.63. The van der Waals surface area contributed by atoms with Crippen LogP contribution in [0.15, 0.2) is 36.5 Å². The van der Waals surface area contributed by atoms with Crippen molar-refractivity contribution in [3.8, 4) is 0 Å². The summed E-state index contributed by atoms with van der Waals surface area (Å²) in [5.74, 6) is 0.952. The van der Waals surface area contributed by atoms with Gasteiger partial charge in [0.2, 0.25) is 0 Å². The van der Waals surface area contributed by atoms with Gasteiger partial charge in [0.25, 0.3) is 5.91 Å². The molecule has 1 amide bonds. The number of carbonyl (C=O) groups excluding carboxylic acids is 1. The predicted octanol–water partition coefficient (Wildman–Crippen LogP) is 4.21. The maximum Gasteiger partial charge on any atom is 0.257 e. The Labute approximate surface area is 149 Å². The van der Waals surface area contributed by atoms with Gasteiger partial charge in [-0.3, -0.25) is 4.79 Å². The molecule has 5 nitrogen and oxygen atoms in total. The second-order valence-corrected chi connectivity index (χ2v) is 6.35. The molecule has 2 rings (SSSR count). The van der Waals surface area contributed by atoms with Gasteiger partial charge in [-0.1, -0.05) is 32.0 Å². The highest BCUT2D eigenvalue weighted by Crippen LogP contribution is 2.27. The number of nitrogens with one attached hydrogen (secondary N) is 2. The van der Waals surface area contributed by atoms with Crippen molar-refractivity contribution >= 4 is 17.4 Å². The van der Waals surface area contributed by atoms with Gasteiger partial charge in [0.15, 0.2) is 0 Å². The maximum atomic E-state index is 12.6. The van der Waals surface area contributed by atoms with Gasteiger partial charge in [0.05, 0.1) is 5.56 Å². The highest BCUT2D eigenvalue weighted by Gasteiger charge is 2.13. The van der Waals surface area contributed by atoms with Crippen molar-refractivity contribution in [2.75, 3.05) is 30.9 Å². The fourth-order valence-electron chi connectivity index (χ4n) is 2.59. The summed E-state index contributed by atoms with van der Waals surface area (Å²) in [6.07, 6.45) is 2.51. The number of benzene rings is 1. The Kier molecular flexibility index (Phi) is 6.95. The highest BCUT2D eigenvalue weighted by molar-refractivity contribution is 6.05. The lowest BCUT2D eigenvalue weighted by Crippen LogP contribution is -2.15. The maximum absolute atomic E-state index is 12.6. The van der Waals surface area contributed by atoms with E-state index in [1.165, 1.54) is 0 Å². The highest BCUT2D eigenvalue weighted by atomic mass is 16.5. The Morgan fingerprint density at radius 2 is 2.04 bits per heavy atom. The first-order valence-electron chi connectivity index (χ1n) is 8.62. The van der Waals surface area contributed by atoms with Crippen LogP contribution in [0.1, 0.15) is 47.7 Å². The SMILES string of the molecule is COCCCNc1ccc(C(=O)Nc2c(C)cccc2C(C)C)cn1. The Morgan fingerprint density at radius 1 is 1.24 bits per heavy atom. The smallest absolute Gasteiger partial charge is 0.257 e. The Hall–Kier alpha value is -2.40. The van der Waals surface area contributed by atoms with Crippen molar-refractivity contribution in [3.05, 3.63) is 53.2 Å². The third-order valence-corrected chi connectivity index (χ3v) is 4.02. The van der Waals surface area contributed by atoms with Crippen molar-refractivity contribution in [1.29, 1.82) is 0 Å². The molecule has 0 unspecified atom stereocenters. The van der Waals surface area contributed by atoms with Crippen LogP contribution in [0, 0.1) is 6.92 Å². The molecule has 0 bridgehead atoms. The summed E-state index contributed by atoms with van der Waals surface area (Å²) in [7, 11) is 1.69. The number of pyridine rings is 1. The molecule has 25 heavy (non-hydrogen) atoms. The van der Waals surface area contributed by atoms with E-state index in [0.29, 0.717) is 18.1 Å². The molecule has 0 atom stereocenters. The molecule has 0 aliphatic carbocycles. The first-order valence-corrected chi connectivity index (χ1v) is 8.62. The molecule has 0 saturated carbocycles. The van der Waals surface area contributed by atoms with Crippen LogP contribution in [0.3, 0.4) is 0 Å². The van der Waals surface area contributed by atoms with Crippen molar-refractivity contribution in [1.82, 2.24) is 4.98 Å². The van der Waals surface area contributed by atoms with Gasteiger partial charge in [0, 0.05) is 32.1 Å². The van der Waals surface area contributed by atoms with E-state index in [-0.39, 0.29) is 5.91 Å². The molecule has 0 spiro atoms. The minimum Gasteiger partial charge on any atom is -0.385 e. The average Bonchev–Trinajstić information content (AvgIpc) is 2.60. The lowest BCUT2D eigenvalue weighted by Gasteiger charge is -2.16. The first-order chi connectivity index (χ1) is 12.0. The number of aromatic nitrogens is 1. The first kappa shape index (κ1) is 18.9. The van der Waals surface area contributed by atoms with Gasteiger partial charge >= 0.3 is 0 Å². The van der Waals surface area contributed by atoms with Crippen LogP contribution in [-0.4, -0.2) is 31.2 Å². The van der Waals surface area contributed by atoms with Gasteiger partial charge in [-0.2, -0.15) is 0 Å². The Bertz CT molecular complexity index is 697. The summed E-state index contributed by atoms with van der Waals surface area (Å²) in [6.45, 7) is 7.74. The van der Waals surface area contributed by atoms with Crippen LogP contribution < -0.4 is 10.6 Å². The number of anilines is 2. The number of rotatable bonds is 8. The van der Waals surface area contributed by atoms with Crippen molar-refractivity contribution in [3.63, 3.8) is 0 Å². The number of ether oxygens (including phenoxy) is 1. The fourth-order valence-corrected chi connectivity index (χ4v) is 2.59. The summed E-state index contributed by atoms with van der Waals surface area (Å²) < 4.78 is 5.01. The minimum absolute atomic E-state index is 0.144. The molecule has 0 aliphatic heterocycles. The van der Waals surface area contributed by atoms with Crippen molar-refractivity contribution in [2.24, 2.45) is 0 Å². The number of para-hydroxylation sites is 1. The minimum atomic E-state index is -0.144. The summed E-state index contributed by atoms with van der Waals surface area (Å²) in [5, 5.41) is 6.25. The van der Waals surface area contributed by atoms with E-state index < -0.39 is 0 Å². The van der Waals surface area contributed by atoms with Crippen molar-refractivity contribution < 1.29 is 9.53 Å². The van der Waals surface area contributed by atoms with Crippen LogP contribution in [0.5, 0.6) is 0 Å². The molecule has 134 valence electrons. The quantitative estimate of drug-likeness (QED) is 0.706. The molecular weight excluding hydrogens is 314 g/mol. The van der Waals surface area contributed by atoms with Gasteiger partial charge in [-0.25, -0.2) is 4.98 Å². The molecule has 1 aromatic carbocycles. The molecular formula is C20H27N3O2. The molecule has 0 radical (unpaired) electrons. The monoisotopic (exact) mass is 341 g/mol. The van der Waals surface area contributed by atoms with E-state index in [2.05, 4.69) is 35.5 Å². The number of nitrogens with zero attached hydrogens (tertiary/aromatic N) is 1. The molecule has 0 fully saturated rings. The topological polar surface area (TPSA) is 63.2 Å². The molecule has 1 heterocycles.